The predicted molar refractivity (Wildman–Crippen MR) is 196 cm³/mol. The number of hydrogen-bond acceptors (Lipinski definition) is 16. The SMILES string of the molecule is CC[C@@H]1OC(=O)[C@H](C)C(=O)[C@H](C)[C@@H](O[C@@H]2O[C@H](C)C[C@H](N(C)C)[C@H]2O)[C@@](C)(OCC#Cc2cc(-c3nnn(C)n3)no2)C[C@@H](C)C(=O)[C@@H](C)[C@H]2NC(=O)O[C@]12C. The number of aryl methyl sites for hydroxylation is 1. The maximum atomic E-state index is 14.4. The zero-order valence-electron chi connectivity index (χ0n) is 34.0. The number of cyclic esters (lactones) is 1. The fraction of sp³-hybridized carbons (Fsp3) is 0.737. The highest BCUT2D eigenvalue weighted by Gasteiger charge is 2.57. The molecule has 18 heteroatoms. The molecule has 0 spiro atoms. The van der Waals surface area contributed by atoms with E-state index in [9.17, 15) is 24.3 Å². The lowest BCUT2D eigenvalue weighted by molar-refractivity contribution is -0.296. The Kier molecular flexibility index (Phi) is 13.1. The summed E-state index contributed by atoms with van der Waals surface area (Å²) >= 11 is 0. The van der Waals surface area contributed by atoms with Gasteiger partial charge in [0.1, 0.15) is 30.5 Å². The van der Waals surface area contributed by atoms with Gasteiger partial charge in [0.2, 0.25) is 11.6 Å². The lowest BCUT2D eigenvalue weighted by Gasteiger charge is -2.47. The van der Waals surface area contributed by atoms with Crippen molar-refractivity contribution < 1.29 is 52.5 Å². The number of nitrogens with one attached hydrogen (secondary N) is 1. The minimum Gasteiger partial charge on any atom is -0.458 e. The Morgan fingerprint density at radius 3 is 2.45 bits per heavy atom. The van der Waals surface area contributed by atoms with Gasteiger partial charge in [0.05, 0.1) is 30.9 Å². The van der Waals surface area contributed by atoms with Crippen LogP contribution in [0.5, 0.6) is 0 Å². The van der Waals surface area contributed by atoms with Crippen LogP contribution in [-0.4, -0.2) is 134 Å². The molecule has 0 bridgehead atoms. The molecule has 0 radical (unpaired) electrons. The Morgan fingerprint density at radius 1 is 1.09 bits per heavy atom. The van der Waals surface area contributed by atoms with Gasteiger partial charge in [0, 0.05) is 29.9 Å². The quantitative estimate of drug-likeness (QED) is 0.233. The van der Waals surface area contributed by atoms with Crippen LogP contribution in [0, 0.1) is 35.5 Å². The highest BCUT2D eigenvalue weighted by atomic mass is 16.7. The second kappa shape index (κ2) is 17.1. The summed E-state index contributed by atoms with van der Waals surface area (Å²) in [6, 6.07) is 0.351. The van der Waals surface area contributed by atoms with Crippen molar-refractivity contribution in [2.75, 3.05) is 20.7 Å². The maximum absolute atomic E-state index is 14.4. The summed E-state index contributed by atoms with van der Waals surface area (Å²) in [7, 11) is 5.31. The highest BCUT2D eigenvalue weighted by molar-refractivity contribution is 6.00. The molecular formula is C38H55N7O11. The number of carbonyl (C=O) groups excluding carboxylic acids is 4. The molecule has 2 N–H and O–H groups in total. The van der Waals surface area contributed by atoms with Gasteiger partial charge in [-0.3, -0.25) is 14.4 Å². The molecule has 2 aromatic heterocycles. The number of ketones is 2. The molecule has 0 saturated carbocycles. The molecule has 0 aromatic carbocycles. The average Bonchev–Trinajstić information content (AvgIpc) is 3.88. The van der Waals surface area contributed by atoms with E-state index in [4.69, 9.17) is 28.2 Å². The van der Waals surface area contributed by atoms with Crippen LogP contribution in [0.1, 0.15) is 80.4 Å². The molecule has 0 aliphatic carbocycles. The maximum Gasteiger partial charge on any atom is 0.408 e. The number of aromatic nitrogens is 5. The van der Waals surface area contributed by atoms with Crippen molar-refractivity contribution in [3.05, 3.63) is 11.8 Å². The number of aliphatic hydroxyl groups is 1. The normalized spacial score (nSPS) is 37.2. The number of alkyl carbamates (subject to hydrolysis) is 1. The molecule has 56 heavy (non-hydrogen) atoms. The number of rotatable bonds is 7. The number of hydrogen-bond donors (Lipinski definition) is 2. The van der Waals surface area contributed by atoms with Crippen molar-refractivity contribution in [3.63, 3.8) is 0 Å². The summed E-state index contributed by atoms with van der Waals surface area (Å²) in [5, 5.41) is 30.1. The first kappa shape index (κ1) is 42.9. The number of nitrogens with zero attached hydrogens (tertiary/aromatic N) is 6. The number of ether oxygens (including phenoxy) is 5. The lowest BCUT2D eigenvalue weighted by Crippen LogP contribution is -2.60. The molecule has 3 saturated heterocycles. The summed E-state index contributed by atoms with van der Waals surface area (Å²) in [5.41, 5.74) is -2.55. The van der Waals surface area contributed by atoms with E-state index in [1.165, 1.54) is 11.7 Å². The van der Waals surface area contributed by atoms with Crippen molar-refractivity contribution >= 4 is 23.6 Å². The van der Waals surface area contributed by atoms with Crippen molar-refractivity contribution in [2.45, 2.75) is 129 Å². The molecule has 5 rings (SSSR count). The van der Waals surface area contributed by atoms with Crippen molar-refractivity contribution in [3.8, 4) is 23.4 Å². The Morgan fingerprint density at radius 2 is 1.80 bits per heavy atom. The molecule has 13 atom stereocenters. The van der Waals surface area contributed by atoms with E-state index in [2.05, 4.69) is 37.7 Å². The van der Waals surface area contributed by atoms with Crippen LogP contribution in [0.15, 0.2) is 10.6 Å². The standard InChI is InChI=1S/C38H55N7O11/c1-12-27-38(8)31(39-36(50)55-38)21(4)28(46)19(2)18-37(7,51-15-13-14-24-17-25(42-56-24)33-40-43-45(11)41-33)32(22(5)29(47)23(6)34(49)53-27)54-35-30(48)26(44(9)10)16-20(3)52-35/h17,19-23,26-27,30-32,35,48H,12,15-16,18H2,1-11H3,(H,39,50)/t19-,20-,21-,22+,23-,26+,27+,30-,31-,32-,35+,37+,38-/m1/s1. The van der Waals surface area contributed by atoms with Crippen LogP contribution in [0.4, 0.5) is 4.79 Å². The second-order valence-electron chi connectivity index (χ2n) is 15.9. The molecule has 5 heterocycles. The van der Waals surface area contributed by atoms with Crippen molar-refractivity contribution in [1.29, 1.82) is 0 Å². The molecule has 2 aromatic rings. The molecule has 3 fully saturated rings. The molecular weight excluding hydrogens is 730 g/mol. The third-order valence-corrected chi connectivity index (χ3v) is 11.4. The number of tetrazole rings is 1. The van der Waals surface area contributed by atoms with Gasteiger partial charge in [-0.15, -0.1) is 10.2 Å². The van der Waals surface area contributed by atoms with Gasteiger partial charge in [-0.05, 0) is 72.2 Å². The molecule has 1 amide bonds. The fourth-order valence-corrected chi connectivity index (χ4v) is 8.28. The number of esters is 1. The van der Waals surface area contributed by atoms with E-state index in [0.29, 0.717) is 12.1 Å². The predicted octanol–water partition coefficient (Wildman–Crippen LogP) is 2.08. The van der Waals surface area contributed by atoms with E-state index >= 15 is 0 Å². The topological polar surface area (TPSA) is 220 Å². The first-order chi connectivity index (χ1) is 26.3. The summed E-state index contributed by atoms with van der Waals surface area (Å²) in [5.74, 6) is 0.771. The Balaban J connectivity index is 1.55. The van der Waals surface area contributed by atoms with Crippen molar-refractivity contribution in [2.24, 2.45) is 30.7 Å². The Hall–Kier alpha value is -4.28. The van der Waals surface area contributed by atoms with Gasteiger partial charge in [0.25, 0.3) is 0 Å². The van der Waals surface area contributed by atoms with E-state index < -0.39 is 83.4 Å². The Labute approximate surface area is 326 Å². The van der Waals surface area contributed by atoms with E-state index in [1.807, 2.05) is 25.9 Å². The third kappa shape index (κ3) is 8.81. The summed E-state index contributed by atoms with van der Waals surface area (Å²) in [6.07, 6.45) is -4.77. The number of carbonyl (C=O) groups is 4. The highest BCUT2D eigenvalue weighted by Crippen LogP contribution is 2.40. The monoisotopic (exact) mass is 785 g/mol. The van der Waals surface area contributed by atoms with Crippen LogP contribution in [0.2, 0.25) is 0 Å². The minimum atomic E-state index is -1.47. The van der Waals surface area contributed by atoms with Gasteiger partial charge in [-0.2, -0.15) is 4.80 Å². The van der Waals surface area contributed by atoms with Gasteiger partial charge >= 0.3 is 12.1 Å². The van der Waals surface area contributed by atoms with E-state index in [-0.39, 0.29) is 49.0 Å². The second-order valence-corrected chi connectivity index (χ2v) is 15.9. The number of fused-ring (bicyclic) bond motifs is 1. The van der Waals surface area contributed by atoms with Gasteiger partial charge < -0.3 is 43.5 Å². The zero-order chi connectivity index (χ0) is 41.3. The van der Waals surface area contributed by atoms with Crippen molar-refractivity contribution in [1.82, 2.24) is 35.6 Å². The molecule has 0 unspecified atom stereocenters. The number of aliphatic hydroxyl groups excluding tert-OH is 1. The van der Waals surface area contributed by atoms with Gasteiger partial charge in [0.15, 0.2) is 23.4 Å². The summed E-state index contributed by atoms with van der Waals surface area (Å²) in [6.45, 7) is 13.2. The smallest absolute Gasteiger partial charge is 0.408 e. The minimum absolute atomic E-state index is 0.00862. The molecule has 308 valence electrons. The average molecular weight is 786 g/mol. The third-order valence-electron chi connectivity index (χ3n) is 11.4. The van der Waals surface area contributed by atoms with Gasteiger partial charge in [-0.25, -0.2) is 4.79 Å². The van der Waals surface area contributed by atoms with Crippen LogP contribution in [0.3, 0.4) is 0 Å². The number of amides is 1. The summed E-state index contributed by atoms with van der Waals surface area (Å²) in [4.78, 5) is 58.4. The molecule has 3 aliphatic heterocycles. The van der Waals surface area contributed by atoms with E-state index in [1.54, 1.807) is 54.7 Å². The van der Waals surface area contributed by atoms with E-state index in [0.717, 1.165) is 0 Å². The number of likely N-dealkylation sites (N-methyl/N-ethyl adjacent to an activating group) is 1. The number of Topliss-reactive ketones (excluding diaryl/α,β-unsaturated/α-hetero) is 2. The first-order valence-corrected chi connectivity index (χ1v) is 19.1. The summed E-state index contributed by atoms with van der Waals surface area (Å²) < 4.78 is 36.4. The molecule has 18 nitrogen and oxygen atoms in total. The first-order valence-electron chi connectivity index (χ1n) is 19.1. The van der Waals surface area contributed by atoms with Crippen LogP contribution in [-0.2, 0) is 45.1 Å². The zero-order valence-corrected chi connectivity index (χ0v) is 34.0. The largest absolute Gasteiger partial charge is 0.458 e. The van der Waals surface area contributed by atoms with Crippen LogP contribution >= 0.6 is 0 Å². The van der Waals surface area contributed by atoms with Gasteiger partial charge in [-0.1, -0.05) is 38.8 Å². The fourth-order valence-electron chi connectivity index (χ4n) is 8.28. The van der Waals surface area contributed by atoms with Crippen LogP contribution in [0.25, 0.3) is 11.5 Å². The van der Waals surface area contributed by atoms with Crippen LogP contribution < -0.4 is 5.32 Å². The molecule has 3 aliphatic rings. The lowest BCUT2D eigenvalue weighted by atomic mass is 9.73. The Bertz CT molecular complexity index is 1820.